The molecule has 0 spiro atoms. The Morgan fingerprint density at radius 2 is 1.87 bits per heavy atom. The van der Waals surface area contributed by atoms with Gasteiger partial charge in [0.1, 0.15) is 0 Å². The molecule has 0 atom stereocenters. The molecule has 2 rings (SSSR count). The fraction of sp³-hybridized carbons (Fsp3) is 0.0625. The lowest BCUT2D eigenvalue weighted by Crippen LogP contribution is -2.35. The van der Waals surface area contributed by atoms with Crippen molar-refractivity contribution in [3.63, 3.8) is 0 Å². The minimum atomic E-state index is -0.406. The van der Waals surface area contributed by atoms with E-state index in [0.717, 1.165) is 10.0 Å². The van der Waals surface area contributed by atoms with Gasteiger partial charge in [0.25, 0.3) is 11.8 Å². The maximum Gasteiger partial charge on any atom is 0.259 e. The average molecular weight is 439 g/mol. The van der Waals surface area contributed by atoms with Crippen LogP contribution in [0.5, 0.6) is 0 Å². The molecule has 0 aliphatic heterocycles. The summed E-state index contributed by atoms with van der Waals surface area (Å²) in [7, 11) is 0. The SMILES string of the molecule is O=C(CNC(=O)c1ccccc1Br)N/N=C\c1cccc(Br)c1. The van der Waals surface area contributed by atoms with Crippen molar-refractivity contribution in [1.29, 1.82) is 0 Å². The second-order valence-corrected chi connectivity index (χ2v) is 6.28. The third kappa shape index (κ3) is 5.61. The number of carbonyl (C=O) groups is 2. The molecule has 0 heterocycles. The third-order valence-electron chi connectivity index (χ3n) is 2.78. The summed E-state index contributed by atoms with van der Waals surface area (Å²) in [6.45, 7) is -0.157. The lowest BCUT2D eigenvalue weighted by atomic mass is 10.2. The Bertz CT molecular complexity index is 748. The predicted octanol–water partition coefficient (Wildman–Crippen LogP) is 3.09. The van der Waals surface area contributed by atoms with Crippen molar-refractivity contribution >= 4 is 49.9 Å². The van der Waals surface area contributed by atoms with Gasteiger partial charge in [0.2, 0.25) is 0 Å². The molecule has 23 heavy (non-hydrogen) atoms. The topological polar surface area (TPSA) is 70.6 Å². The van der Waals surface area contributed by atoms with Gasteiger partial charge < -0.3 is 5.32 Å². The first-order valence-corrected chi connectivity index (χ1v) is 8.25. The number of amides is 2. The van der Waals surface area contributed by atoms with Crippen LogP contribution in [0.3, 0.4) is 0 Å². The molecule has 0 unspecified atom stereocenters. The number of hydrogen-bond acceptors (Lipinski definition) is 3. The normalized spacial score (nSPS) is 10.5. The van der Waals surface area contributed by atoms with Crippen LogP contribution in [0.15, 0.2) is 62.6 Å². The molecule has 2 N–H and O–H groups in total. The van der Waals surface area contributed by atoms with Crippen molar-refractivity contribution < 1.29 is 9.59 Å². The highest BCUT2D eigenvalue weighted by molar-refractivity contribution is 9.10. The van der Waals surface area contributed by atoms with E-state index in [1.54, 1.807) is 18.2 Å². The van der Waals surface area contributed by atoms with Crippen molar-refractivity contribution in [3.05, 3.63) is 68.6 Å². The fourth-order valence-electron chi connectivity index (χ4n) is 1.71. The first-order valence-electron chi connectivity index (χ1n) is 6.66. The van der Waals surface area contributed by atoms with Crippen LogP contribution in [-0.4, -0.2) is 24.6 Å². The van der Waals surface area contributed by atoms with Crippen molar-refractivity contribution in [2.75, 3.05) is 6.54 Å². The molecule has 2 amide bonds. The minimum absolute atomic E-state index is 0.157. The standard InChI is InChI=1S/C16H13Br2N3O2/c17-12-5-3-4-11(8-12)9-20-21-15(22)10-19-16(23)13-6-1-2-7-14(13)18/h1-9H,10H2,(H,19,23)(H,21,22)/b20-9-. The number of benzene rings is 2. The van der Waals surface area contributed by atoms with E-state index in [2.05, 4.69) is 47.7 Å². The lowest BCUT2D eigenvalue weighted by Gasteiger charge is -2.05. The van der Waals surface area contributed by atoms with Crippen molar-refractivity contribution in [2.45, 2.75) is 0 Å². The first kappa shape index (κ1) is 17.4. The third-order valence-corrected chi connectivity index (χ3v) is 3.96. The van der Waals surface area contributed by atoms with Gasteiger partial charge in [0.05, 0.1) is 18.3 Å². The van der Waals surface area contributed by atoms with Crippen LogP contribution in [0.1, 0.15) is 15.9 Å². The van der Waals surface area contributed by atoms with E-state index in [-0.39, 0.29) is 12.5 Å². The van der Waals surface area contributed by atoms with Crippen LogP contribution in [0.25, 0.3) is 0 Å². The molecule has 0 aliphatic carbocycles. The van der Waals surface area contributed by atoms with E-state index in [1.807, 2.05) is 30.3 Å². The maximum atomic E-state index is 11.9. The zero-order chi connectivity index (χ0) is 16.7. The van der Waals surface area contributed by atoms with E-state index in [9.17, 15) is 9.59 Å². The summed E-state index contributed by atoms with van der Waals surface area (Å²) in [5.41, 5.74) is 3.68. The van der Waals surface area contributed by atoms with Crippen LogP contribution < -0.4 is 10.7 Å². The van der Waals surface area contributed by atoms with Gasteiger partial charge in [0, 0.05) is 8.95 Å². The maximum absolute atomic E-state index is 11.9. The Kier molecular flexibility index (Phi) is 6.49. The Hall–Kier alpha value is -1.99. The van der Waals surface area contributed by atoms with Gasteiger partial charge >= 0.3 is 0 Å². The van der Waals surface area contributed by atoms with Gasteiger partial charge in [-0.3, -0.25) is 9.59 Å². The number of rotatable bonds is 5. The molecule has 0 saturated carbocycles. The summed E-state index contributed by atoms with van der Waals surface area (Å²) >= 11 is 6.64. The van der Waals surface area contributed by atoms with Gasteiger partial charge in [-0.05, 0) is 45.8 Å². The highest BCUT2D eigenvalue weighted by Gasteiger charge is 2.10. The molecule has 0 saturated heterocycles. The highest BCUT2D eigenvalue weighted by atomic mass is 79.9. The molecule has 0 aromatic heterocycles. The summed E-state index contributed by atoms with van der Waals surface area (Å²) in [4.78, 5) is 23.6. The highest BCUT2D eigenvalue weighted by Crippen LogP contribution is 2.15. The Morgan fingerprint density at radius 1 is 1.09 bits per heavy atom. The Labute approximate surface area is 150 Å². The molecule has 0 fully saturated rings. The Morgan fingerprint density at radius 3 is 2.61 bits per heavy atom. The number of nitrogens with one attached hydrogen (secondary N) is 2. The largest absolute Gasteiger partial charge is 0.343 e. The monoisotopic (exact) mass is 437 g/mol. The second-order valence-electron chi connectivity index (χ2n) is 4.51. The Balaban J connectivity index is 1.81. The predicted molar refractivity (Wildman–Crippen MR) is 96.4 cm³/mol. The number of hydrazone groups is 1. The lowest BCUT2D eigenvalue weighted by molar-refractivity contribution is -0.120. The van der Waals surface area contributed by atoms with Crippen LogP contribution in [0, 0.1) is 0 Å². The molecule has 118 valence electrons. The first-order chi connectivity index (χ1) is 11.1. The molecule has 2 aromatic rings. The van der Waals surface area contributed by atoms with E-state index in [4.69, 9.17) is 0 Å². The molecule has 7 heteroatoms. The van der Waals surface area contributed by atoms with E-state index in [0.29, 0.717) is 10.0 Å². The summed E-state index contributed by atoms with van der Waals surface area (Å²) < 4.78 is 1.60. The molecular formula is C16H13Br2N3O2. The summed E-state index contributed by atoms with van der Waals surface area (Å²) in [6, 6.07) is 14.5. The molecule has 5 nitrogen and oxygen atoms in total. The molecule has 0 bridgehead atoms. The fourth-order valence-corrected chi connectivity index (χ4v) is 2.59. The van der Waals surface area contributed by atoms with Crippen LogP contribution in [-0.2, 0) is 4.79 Å². The quantitative estimate of drug-likeness (QED) is 0.556. The van der Waals surface area contributed by atoms with Crippen molar-refractivity contribution in [1.82, 2.24) is 10.7 Å². The number of halogens is 2. The number of carbonyl (C=O) groups excluding carboxylic acids is 2. The number of hydrogen-bond donors (Lipinski definition) is 2. The zero-order valence-corrected chi connectivity index (χ0v) is 15.1. The van der Waals surface area contributed by atoms with Gasteiger partial charge in [-0.25, -0.2) is 5.43 Å². The van der Waals surface area contributed by atoms with Crippen molar-refractivity contribution in [2.24, 2.45) is 5.10 Å². The zero-order valence-electron chi connectivity index (χ0n) is 11.9. The van der Waals surface area contributed by atoms with Crippen LogP contribution in [0.4, 0.5) is 0 Å². The van der Waals surface area contributed by atoms with Gasteiger partial charge in [-0.2, -0.15) is 5.10 Å². The number of nitrogens with zero attached hydrogens (tertiary/aromatic N) is 1. The van der Waals surface area contributed by atoms with E-state index >= 15 is 0 Å². The summed E-state index contributed by atoms with van der Waals surface area (Å²) in [6.07, 6.45) is 1.53. The molecule has 0 radical (unpaired) electrons. The smallest absolute Gasteiger partial charge is 0.259 e. The van der Waals surface area contributed by atoms with E-state index in [1.165, 1.54) is 6.21 Å². The van der Waals surface area contributed by atoms with Gasteiger partial charge in [-0.15, -0.1) is 0 Å². The summed E-state index contributed by atoms with van der Waals surface area (Å²) in [5.74, 6) is -0.736. The summed E-state index contributed by atoms with van der Waals surface area (Å²) in [5, 5.41) is 6.38. The van der Waals surface area contributed by atoms with Gasteiger partial charge in [-0.1, -0.05) is 40.2 Å². The molecule has 2 aromatic carbocycles. The second kappa shape index (κ2) is 8.59. The average Bonchev–Trinajstić information content (AvgIpc) is 2.53. The molecule has 0 aliphatic rings. The van der Waals surface area contributed by atoms with Crippen LogP contribution in [0.2, 0.25) is 0 Å². The minimum Gasteiger partial charge on any atom is -0.343 e. The van der Waals surface area contributed by atoms with Gasteiger partial charge in [0.15, 0.2) is 0 Å². The van der Waals surface area contributed by atoms with Crippen molar-refractivity contribution in [3.8, 4) is 0 Å². The molecular weight excluding hydrogens is 426 g/mol. The van der Waals surface area contributed by atoms with E-state index < -0.39 is 5.91 Å². The van der Waals surface area contributed by atoms with Crippen LogP contribution >= 0.6 is 31.9 Å².